The van der Waals surface area contributed by atoms with E-state index in [1.165, 1.54) is 0 Å². The van der Waals surface area contributed by atoms with Crippen LogP contribution in [0, 0.1) is 0 Å². The predicted molar refractivity (Wildman–Crippen MR) is 44.0 cm³/mol. The lowest BCUT2D eigenvalue weighted by Crippen LogP contribution is -3.00. The minimum Gasteiger partial charge on any atom is -1.00 e. The zero-order chi connectivity index (χ0) is 7.68. The van der Waals surface area contributed by atoms with Crippen molar-refractivity contribution in [3.05, 3.63) is 30.5 Å². The van der Waals surface area contributed by atoms with Crippen molar-refractivity contribution in [2.75, 3.05) is 5.73 Å². The van der Waals surface area contributed by atoms with E-state index in [0.717, 1.165) is 11.0 Å². The molecule has 0 amide bonds. The maximum absolute atomic E-state index is 5.45. The van der Waals surface area contributed by atoms with Crippen LogP contribution in [0.3, 0.4) is 0 Å². The Labute approximate surface area is 80.4 Å². The van der Waals surface area contributed by atoms with E-state index in [-0.39, 0.29) is 17.0 Å². The van der Waals surface area contributed by atoms with Gasteiger partial charge in [-0.3, -0.25) is 4.98 Å². The summed E-state index contributed by atoms with van der Waals surface area (Å²) in [5.74, 6) is 0.462. The molecule has 2 aromatic rings. The van der Waals surface area contributed by atoms with Gasteiger partial charge in [0, 0.05) is 0 Å². The summed E-state index contributed by atoms with van der Waals surface area (Å²) in [6.07, 6.45) is 1.56. The van der Waals surface area contributed by atoms with E-state index in [4.69, 9.17) is 5.73 Å². The molecule has 4 heteroatoms. The average Bonchev–Trinajstić information content (AvgIpc) is 2.04. The Bertz CT molecular complexity index is 389. The SMILES string of the molecule is Nc1cnc2ccccc2n1.[Br-]. The molecule has 1 aromatic heterocycles. The van der Waals surface area contributed by atoms with Crippen molar-refractivity contribution < 1.29 is 17.0 Å². The van der Waals surface area contributed by atoms with Crippen LogP contribution in [0.1, 0.15) is 0 Å². The summed E-state index contributed by atoms with van der Waals surface area (Å²) in [6.45, 7) is 0. The summed E-state index contributed by atoms with van der Waals surface area (Å²) in [5, 5.41) is 0. The van der Waals surface area contributed by atoms with Gasteiger partial charge in [-0.2, -0.15) is 0 Å². The maximum Gasteiger partial charge on any atom is 0.142 e. The summed E-state index contributed by atoms with van der Waals surface area (Å²) in [4.78, 5) is 8.18. The van der Waals surface area contributed by atoms with Gasteiger partial charge in [0.25, 0.3) is 0 Å². The number of nitrogens with zero attached hydrogens (tertiary/aromatic N) is 2. The number of hydrogen-bond donors (Lipinski definition) is 1. The number of para-hydroxylation sites is 2. The standard InChI is InChI=1S/C8H7N3.BrH/c9-8-5-10-6-3-1-2-4-7(6)11-8;/h1-5H,(H2,9,11);1H/p-1. The molecule has 0 aliphatic carbocycles. The van der Waals surface area contributed by atoms with E-state index in [1.54, 1.807) is 6.20 Å². The summed E-state index contributed by atoms with van der Waals surface area (Å²) >= 11 is 0. The molecule has 0 radical (unpaired) electrons. The minimum atomic E-state index is 0. The van der Waals surface area contributed by atoms with E-state index >= 15 is 0 Å². The largest absolute Gasteiger partial charge is 1.00 e. The van der Waals surface area contributed by atoms with Gasteiger partial charge in [0.1, 0.15) is 5.82 Å². The minimum absolute atomic E-state index is 0. The molecule has 0 fully saturated rings. The summed E-state index contributed by atoms with van der Waals surface area (Å²) in [7, 11) is 0. The average molecular weight is 225 g/mol. The van der Waals surface area contributed by atoms with E-state index in [1.807, 2.05) is 24.3 Å². The number of aromatic nitrogens is 2. The van der Waals surface area contributed by atoms with Gasteiger partial charge in [-0.05, 0) is 12.1 Å². The molecule has 0 bridgehead atoms. The van der Waals surface area contributed by atoms with E-state index in [0.29, 0.717) is 5.82 Å². The first kappa shape index (κ1) is 8.93. The second-order valence-electron chi connectivity index (χ2n) is 2.28. The highest BCUT2D eigenvalue weighted by atomic mass is 79.9. The third-order valence-corrected chi connectivity index (χ3v) is 1.47. The van der Waals surface area contributed by atoms with E-state index < -0.39 is 0 Å². The quantitative estimate of drug-likeness (QED) is 0.576. The second-order valence-corrected chi connectivity index (χ2v) is 2.28. The number of halogens is 1. The fourth-order valence-electron chi connectivity index (χ4n) is 0.972. The molecule has 2 rings (SSSR count). The molecule has 1 heterocycles. The third-order valence-electron chi connectivity index (χ3n) is 1.47. The van der Waals surface area contributed by atoms with Crippen molar-refractivity contribution in [3.8, 4) is 0 Å². The van der Waals surface area contributed by atoms with Gasteiger partial charge >= 0.3 is 0 Å². The third kappa shape index (κ3) is 1.53. The van der Waals surface area contributed by atoms with Crippen molar-refractivity contribution in [1.29, 1.82) is 0 Å². The van der Waals surface area contributed by atoms with Gasteiger partial charge in [-0.15, -0.1) is 0 Å². The molecule has 0 unspecified atom stereocenters. The van der Waals surface area contributed by atoms with Gasteiger partial charge in [-0.25, -0.2) is 4.98 Å². The second kappa shape index (κ2) is 3.49. The van der Waals surface area contributed by atoms with Crippen LogP contribution in [0.4, 0.5) is 5.82 Å². The Kier molecular flexibility index (Phi) is 2.60. The van der Waals surface area contributed by atoms with Crippen molar-refractivity contribution in [1.82, 2.24) is 9.97 Å². The molecular weight excluding hydrogens is 218 g/mol. The molecule has 12 heavy (non-hydrogen) atoms. The molecule has 0 spiro atoms. The molecular formula is C8H7BrN3-. The topological polar surface area (TPSA) is 51.8 Å². The number of nitrogens with two attached hydrogens (primary N) is 1. The molecule has 0 saturated carbocycles. The van der Waals surface area contributed by atoms with Crippen LogP contribution in [0.5, 0.6) is 0 Å². The number of anilines is 1. The van der Waals surface area contributed by atoms with Crippen LogP contribution in [0.25, 0.3) is 11.0 Å². The molecule has 0 saturated heterocycles. The van der Waals surface area contributed by atoms with Crippen LogP contribution in [-0.2, 0) is 0 Å². The van der Waals surface area contributed by atoms with Gasteiger partial charge < -0.3 is 22.7 Å². The molecule has 0 aliphatic heterocycles. The molecule has 0 aliphatic rings. The zero-order valence-electron chi connectivity index (χ0n) is 6.24. The highest BCUT2D eigenvalue weighted by Gasteiger charge is 1.92. The number of hydrogen-bond acceptors (Lipinski definition) is 3. The van der Waals surface area contributed by atoms with Crippen molar-refractivity contribution in [3.63, 3.8) is 0 Å². The van der Waals surface area contributed by atoms with Gasteiger partial charge in [0.15, 0.2) is 0 Å². The van der Waals surface area contributed by atoms with Crippen LogP contribution >= 0.6 is 0 Å². The summed E-state index contributed by atoms with van der Waals surface area (Å²) in [6, 6.07) is 7.63. The van der Waals surface area contributed by atoms with Gasteiger partial charge in [0.2, 0.25) is 0 Å². The number of benzene rings is 1. The Balaban J connectivity index is 0.000000720. The fraction of sp³-hybridized carbons (Fsp3) is 0. The zero-order valence-corrected chi connectivity index (χ0v) is 7.82. The van der Waals surface area contributed by atoms with Crippen molar-refractivity contribution in [2.45, 2.75) is 0 Å². The summed E-state index contributed by atoms with van der Waals surface area (Å²) in [5.41, 5.74) is 7.17. The molecule has 3 nitrogen and oxygen atoms in total. The normalized spacial score (nSPS) is 9.33. The van der Waals surface area contributed by atoms with Crippen molar-refractivity contribution >= 4 is 16.9 Å². The lowest BCUT2D eigenvalue weighted by molar-refractivity contribution is -0.00000237. The lowest BCUT2D eigenvalue weighted by atomic mass is 10.3. The Morgan fingerprint density at radius 1 is 1.08 bits per heavy atom. The predicted octanol–water partition coefficient (Wildman–Crippen LogP) is -1.78. The van der Waals surface area contributed by atoms with Crippen LogP contribution in [0.15, 0.2) is 30.5 Å². The van der Waals surface area contributed by atoms with Crippen molar-refractivity contribution in [2.24, 2.45) is 0 Å². The molecule has 2 N–H and O–H groups in total. The monoisotopic (exact) mass is 224 g/mol. The first-order chi connectivity index (χ1) is 5.36. The van der Waals surface area contributed by atoms with Crippen LogP contribution in [-0.4, -0.2) is 9.97 Å². The van der Waals surface area contributed by atoms with Crippen LogP contribution in [0.2, 0.25) is 0 Å². The molecule has 0 atom stereocenters. The van der Waals surface area contributed by atoms with Crippen LogP contribution < -0.4 is 22.7 Å². The first-order valence-electron chi connectivity index (χ1n) is 3.33. The Hall–Kier alpha value is -1.16. The van der Waals surface area contributed by atoms with Gasteiger partial charge in [-0.1, -0.05) is 12.1 Å². The number of nitrogen functional groups attached to an aromatic ring is 1. The number of rotatable bonds is 0. The van der Waals surface area contributed by atoms with E-state index in [2.05, 4.69) is 9.97 Å². The summed E-state index contributed by atoms with van der Waals surface area (Å²) < 4.78 is 0. The molecule has 62 valence electrons. The lowest BCUT2D eigenvalue weighted by Gasteiger charge is -1.94. The fourth-order valence-corrected chi connectivity index (χ4v) is 0.972. The highest BCUT2D eigenvalue weighted by molar-refractivity contribution is 5.74. The van der Waals surface area contributed by atoms with Gasteiger partial charge in [0.05, 0.1) is 17.2 Å². The maximum atomic E-state index is 5.45. The highest BCUT2D eigenvalue weighted by Crippen LogP contribution is 2.08. The smallest absolute Gasteiger partial charge is 0.142 e. The number of fused-ring (bicyclic) bond motifs is 1. The van der Waals surface area contributed by atoms with E-state index in [9.17, 15) is 0 Å². The Morgan fingerprint density at radius 3 is 2.50 bits per heavy atom. The first-order valence-corrected chi connectivity index (χ1v) is 3.33. The Morgan fingerprint density at radius 2 is 1.75 bits per heavy atom. The molecule has 1 aromatic carbocycles.